The van der Waals surface area contributed by atoms with Gasteiger partial charge in [0.1, 0.15) is 9.71 Å². The summed E-state index contributed by atoms with van der Waals surface area (Å²) in [5.41, 5.74) is 8.91. The predicted octanol–water partition coefficient (Wildman–Crippen LogP) is 3.37. The van der Waals surface area contributed by atoms with Gasteiger partial charge in [-0.2, -0.15) is 0 Å². The van der Waals surface area contributed by atoms with Gasteiger partial charge in [-0.3, -0.25) is 4.79 Å². The van der Waals surface area contributed by atoms with Crippen molar-refractivity contribution in [3.05, 3.63) is 22.2 Å². The van der Waals surface area contributed by atoms with Crippen LogP contribution in [0.25, 0.3) is 10.2 Å². The third-order valence-electron chi connectivity index (χ3n) is 4.06. The fourth-order valence-electron chi connectivity index (χ4n) is 2.74. The van der Waals surface area contributed by atoms with E-state index in [0.717, 1.165) is 34.6 Å². The van der Waals surface area contributed by atoms with Crippen LogP contribution in [0, 0.1) is 19.8 Å². The number of anilines is 1. The van der Waals surface area contributed by atoms with E-state index in [4.69, 9.17) is 5.73 Å². The molecule has 5 heteroatoms. The summed E-state index contributed by atoms with van der Waals surface area (Å²) in [6.45, 7) is 7.60. The lowest BCUT2D eigenvalue weighted by Gasteiger charge is -2.20. The first-order valence-electron chi connectivity index (χ1n) is 7.46. The second-order valence-corrected chi connectivity index (χ2v) is 6.89. The Morgan fingerprint density at radius 1 is 1.48 bits per heavy atom. The van der Waals surface area contributed by atoms with Gasteiger partial charge in [0.25, 0.3) is 5.91 Å². The van der Waals surface area contributed by atoms with Crippen LogP contribution in [0.15, 0.2) is 6.07 Å². The highest BCUT2D eigenvalue weighted by Crippen LogP contribution is 2.36. The summed E-state index contributed by atoms with van der Waals surface area (Å²) in [4.78, 5) is 20.7. The van der Waals surface area contributed by atoms with Crippen molar-refractivity contribution in [1.29, 1.82) is 0 Å². The summed E-state index contributed by atoms with van der Waals surface area (Å²) in [7, 11) is 0. The van der Waals surface area contributed by atoms with E-state index in [1.165, 1.54) is 24.2 Å². The van der Waals surface area contributed by atoms with Gasteiger partial charge in [-0.05, 0) is 51.2 Å². The van der Waals surface area contributed by atoms with Crippen molar-refractivity contribution in [1.82, 2.24) is 9.88 Å². The third-order valence-corrected chi connectivity index (χ3v) is 5.15. The molecule has 2 N–H and O–H groups in total. The summed E-state index contributed by atoms with van der Waals surface area (Å²) >= 11 is 1.42. The molecule has 0 saturated heterocycles. The Balaban J connectivity index is 2.01. The standard InChI is InChI=1S/C16H21N3OS/c1-4-19(8-11-5-6-11)16(20)14-13(17)12-9(2)7-10(3)18-15(12)21-14/h7,11H,4-6,8,17H2,1-3H3. The largest absolute Gasteiger partial charge is 0.397 e. The average Bonchev–Trinajstić information content (AvgIpc) is 3.18. The van der Waals surface area contributed by atoms with Gasteiger partial charge in [-0.1, -0.05) is 0 Å². The Hall–Kier alpha value is -1.62. The molecule has 1 aliphatic rings. The third kappa shape index (κ3) is 2.62. The molecule has 1 fully saturated rings. The van der Waals surface area contributed by atoms with Crippen LogP contribution in [-0.2, 0) is 0 Å². The molecule has 21 heavy (non-hydrogen) atoms. The highest BCUT2D eigenvalue weighted by atomic mass is 32.1. The first-order valence-corrected chi connectivity index (χ1v) is 8.28. The number of rotatable bonds is 4. The van der Waals surface area contributed by atoms with Gasteiger partial charge >= 0.3 is 0 Å². The maximum atomic E-state index is 12.8. The SMILES string of the molecule is CCN(CC1CC1)C(=O)c1sc2nc(C)cc(C)c2c1N. The lowest BCUT2D eigenvalue weighted by Crippen LogP contribution is -2.32. The second-order valence-electron chi connectivity index (χ2n) is 5.89. The maximum Gasteiger partial charge on any atom is 0.266 e. The minimum atomic E-state index is 0.0574. The molecular formula is C16H21N3OS. The Labute approximate surface area is 129 Å². The van der Waals surface area contributed by atoms with Crippen LogP contribution >= 0.6 is 11.3 Å². The first-order chi connectivity index (χ1) is 10.0. The molecule has 0 aromatic carbocycles. The number of thiophene rings is 1. The van der Waals surface area contributed by atoms with Crippen molar-refractivity contribution in [3.63, 3.8) is 0 Å². The number of hydrogen-bond donors (Lipinski definition) is 1. The van der Waals surface area contributed by atoms with Gasteiger partial charge in [-0.25, -0.2) is 4.98 Å². The van der Waals surface area contributed by atoms with E-state index in [-0.39, 0.29) is 5.91 Å². The van der Waals surface area contributed by atoms with Crippen LogP contribution in [0.2, 0.25) is 0 Å². The molecular weight excluding hydrogens is 282 g/mol. The number of aryl methyl sites for hydroxylation is 2. The number of fused-ring (bicyclic) bond motifs is 1. The van der Waals surface area contributed by atoms with Crippen LogP contribution in [-0.4, -0.2) is 28.9 Å². The molecule has 1 aliphatic carbocycles. The van der Waals surface area contributed by atoms with Crippen LogP contribution in [0.3, 0.4) is 0 Å². The molecule has 0 spiro atoms. The van der Waals surface area contributed by atoms with E-state index >= 15 is 0 Å². The number of aromatic nitrogens is 1. The molecule has 0 unspecified atom stereocenters. The highest BCUT2D eigenvalue weighted by molar-refractivity contribution is 7.21. The van der Waals surface area contributed by atoms with Crippen LogP contribution in [0.5, 0.6) is 0 Å². The monoisotopic (exact) mass is 303 g/mol. The number of nitrogen functional groups attached to an aromatic ring is 1. The zero-order chi connectivity index (χ0) is 15.1. The van der Waals surface area contributed by atoms with E-state index in [2.05, 4.69) is 4.98 Å². The number of pyridine rings is 1. The number of amides is 1. The topological polar surface area (TPSA) is 59.2 Å². The quantitative estimate of drug-likeness (QED) is 0.942. The zero-order valence-corrected chi connectivity index (χ0v) is 13.6. The van der Waals surface area contributed by atoms with Gasteiger partial charge in [0, 0.05) is 24.2 Å². The summed E-state index contributed by atoms with van der Waals surface area (Å²) in [6.07, 6.45) is 2.48. The number of carbonyl (C=O) groups excluding carboxylic acids is 1. The molecule has 112 valence electrons. The zero-order valence-electron chi connectivity index (χ0n) is 12.8. The van der Waals surface area contributed by atoms with E-state index < -0.39 is 0 Å². The lowest BCUT2D eigenvalue weighted by molar-refractivity contribution is 0.0763. The van der Waals surface area contributed by atoms with Gasteiger partial charge < -0.3 is 10.6 Å². The molecule has 2 heterocycles. The molecule has 3 rings (SSSR count). The van der Waals surface area contributed by atoms with Crippen LogP contribution < -0.4 is 5.73 Å². The molecule has 0 radical (unpaired) electrons. The lowest BCUT2D eigenvalue weighted by atomic mass is 10.1. The van der Waals surface area contributed by atoms with Crippen molar-refractivity contribution in [2.45, 2.75) is 33.6 Å². The van der Waals surface area contributed by atoms with E-state index in [1.54, 1.807) is 0 Å². The molecule has 2 aromatic heterocycles. The summed E-state index contributed by atoms with van der Waals surface area (Å²) in [6, 6.07) is 2.02. The Morgan fingerprint density at radius 3 is 2.81 bits per heavy atom. The van der Waals surface area contributed by atoms with E-state index in [1.807, 2.05) is 31.7 Å². The maximum absolute atomic E-state index is 12.8. The van der Waals surface area contributed by atoms with Gasteiger partial charge in [0.2, 0.25) is 0 Å². The van der Waals surface area contributed by atoms with Gasteiger partial charge in [-0.15, -0.1) is 11.3 Å². The Morgan fingerprint density at radius 2 is 2.19 bits per heavy atom. The van der Waals surface area contributed by atoms with Gasteiger partial charge in [0.15, 0.2) is 0 Å². The van der Waals surface area contributed by atoms with Crippen molar-refractivity contribution >= 4 is 33.1 Å². The number of nitrogens with two attached hydrogens (primary N) is 1. The molecule has 0 bridgehead atoms. The molecule has 2 aromatic rings. The fourth-order valence-corrected chi connectivity index (χ4v) is 3.92. The highest BCUT2D eigenvalue weighted by Gasteiger charge is 2.28. The Bertz CT molecular complexity index is 703. The van der Waals surface area contributed by atoms with Crippen LogP contribution in [0.1, 0.15) is 40.7 Å². The molecule has 4 nitrogen and oxygen atoms in total. The summed E-state index contributed by atoms with van der Waals surface area (Å²) in [5, 5.41) is 0.941. The van der Waals surface area contributed by atoms with Crippen molar-refractivity contribution < 1.29 is 4.79 Å². The van der Waals surface area contributed by atoms with E-state index in [0.29, 0.717) is 16.5 Å². The van der Waals surface area contributed by atoms with Crippen molar-refractivity contribution in [2.24, 2.45) is 5.92 Å². The first kappa shape index (κ1) is 14.3. The molecule has 1 amide bonds. The minimum Gasteiger partial charge on any atom is -0.397 e. The Kier molecular flexibility index (Phi) is 3.61. The normalized spacial score (nSPS) is 14.6. The second kappa shape index (κ2) is 5.30. The predicted molar refractivity (Wildman–Crippen MR) is 87.8 cm³/mol. The molecule has 1 saturated carbocycles. The number of hydrogen-bond acceptors (Lipinski definition) is 4. The average molecular weight is 303 g/mol. The minimum absolute atomic E-state index is 0.0574. The molecule has 0 atom stereocenters. The fraction of sp³-hybridized carbons (Fsp3) is 0.500. The molecule has 0 aliphatic heterocycles. The van der Waals surface area contributed by atoms with Crippen LogP contribution in [0.4, 0.5) is 5.69 Å². The summed E-state index contributed by atoms with van der Waals surface area (Å²) in [5.74, 6) is 0.744. The van der Waals surface area contributed by atoms with E-state index in [9.17, 15) is 4.79 Å². The smallest absolute Gasteiger partial charge is 0.266 e. The number of carbonyl (C=O) groups is 1. The van der Waals surface area contributed by atoms with Crippen molar-refractivity contribution in [3.8, 4) is 0 Å². The van der Waals surface area contributed by atoms with Crippen molar-refractivity contribution in [2.75, 3.05) is 18.8 Å². The number of nitrogens with zero attached hydrogens (tertiary/aromatic N) is 2. The van der Waals surface area contributed by atoms with Gasteiger partial charge in [0.05, 0.1) is 5.69 Å². The summed E-state index contributed by atoms with van der Waals surface area (Å²) < 4.78 is 0.